The molecule has 1 aliphatic carbocycles. The molecule has 33 heavy (non-hydrogen) atoms. The second-order valence-corrected chi connectivity index (χ2v) is 9.64. The van der Waals surface area contributed by atoms with E-state index in [4.69, 9.17) is 14.2 Å². The van der Waals surface area contributed by atoms with Crippen molar-refractivity contribution in [3.8, 4) is 0 Å². The minimum atomic E-state index is -1.73. The Bertz CT molecular complexity index is 869. The predicted molar refractivity (Wildman–Crippen MR) is 119 cm³/mol. The number of ketones is 1. The van der Waals surface area contributed by atoms with Gasteiger partial charge in [-0.3, -0.25) is 14.4 Å². The number of rotatable bonds is 8. The number of hydrogen-bond donors (Lipinski definition) is 1. The highest BCUT2D eigenvalue weighted by Crippen LogP contribution is 2.46. The summed E-state index contributed by atoms with van der Waals surface area (Å²) in [5.74, 6) is -5.86. The minimum absolute atomic E-state index is 0.0559. The zero-order chi connectivity index (χ0) is 24.9. The number of aliphatic hydroxyl groups is 1. The normalized spacial score (nSPS) is 25.1. The van der Waals surface area contributed by atoms with Gasteiger partial charge in [0, 0.05) is 12.3 Å². The Balaban J connectivity index is 2.55. The molecule has 1 N–H and O–H groups in total. The van der Waals surface area contributed by atoms with E-state index in [1.54, 1.807) is 12.1 Å². The lowest BCUT2D eigenvalue weighted by Crippen LogP contribution is -2.55. The fourth-order valence-electron chi connectivity index (χ4n) is 4.05. The van der Waals surface area contributed by atoms with E-state index in [-0.39, 0.29) is 37.0 Å². The van der Waals surface area contributed by atoms with E-state index in [0.29, 0.717) is 5.56 Å². The molecule has 4 atom stereocenters. The second-order valence-electron chi connectivity index (χ2n) is 9.64. The van der Waals surface area contributed by atoms with Gasteiger partial charge in [-0.1, -0.05) is 39.8 Å². The van der Waals surface area contributed by atoms with Crippen LogP contribution in [0.4, 0.5) is 0 Å². The highest BCUT2D eigenvalue weighted by Gasteiger charge is 2.57. The minimum Gasteiger partial charge on any atom is -0.465 e. The van der Waals surface area contributed by atoms with Crippen molar-refractivity contribution in [2.75, 3.05) is 20.3 Å². The summed E-state index contributed by atoms with van der Waals surface area (Å²) in [6, 6.07) is 6.08. The molecule has 0 aromatic heterocycles. The third-order valence-electron chi connectivity index (χ3n) is 5.61. The van der Waals surface area contributed by atoms with Crippen LogP contribution in [0, 0.1) is 23.7 Å². The molecule has 0 amide bonds. The number of carbonyl (C=O) groups excluding carboxylic acids is 4. The summed E-state index contributed by atoms with van der Waals surface area (Å²) in [6.45, 7) is 9.16. The number of ether oxygens (including phenoxy) is 3. The molecular weight excluding hydrogens is 428 g/mol. The zero-order valence-electron chi connectivity index (χ0n) is 20.1. The highest BCUT2D eigenvalue weighted by atomic mass is 16.5. The first kappa shape index (κ1) is 26.5. The Hall–Kier alpha value is -2.74. The quantitative estimate of drug-likeness (QED) is 0.356. The van der Waals surface area contributed by atoms with Gasteiger partial charge in [0.25, 0.3) is 0 Å². The number of hydrogen-bond acceptors (Lipinski definition) is 8. The molecule has 8 heteroatoms. The van der Waals surface area contributed by atoms with Gasteiger partial charge in [-0.2, -0.15) is 0 Å². The fraction of sp³-hybridized carbons (Fsp3) is 0.600. The molecule has 0 saturated heterocycles. The summed E-state index contributed by atoms with van der Waals surface area (Å²) in [4.78, 5) is 51.0. The van der Waals surface area contributed by atoms with Crippen LogP contribution in [-0.4, -0.2) is 54.7 Å². The Labute approximate surface area is 194 Å². The van der Waals surface area contributed by atoms with Crippen LogP contribution < -0.4 is 0 Å². The van der Waals surface area contributed by atoms with Crippen molar-refractivity contribution in [3.63, 3.8) is 0 Å². The zero-order valence-corrected chi connectivity index (χ0v) is 20.1. The molecule has 1 aromatic rings. The predicted octanol–water partition coefficient (Wildman–Crippen LogP) is 2.91. The summed E-state index contributed by atoms with van der Waals surface area (Å²) >= 11 is 0. The Morgan fingerprint density at radius 3 is 2.00 bits per heavy atom. The van der Waals surface area contributed by atoms with Crippen LogP contribution in [0.1, 0.15) is 62.9 Å². The van der Waals surface area contributed by atoms with Gasteiger partial charge in [-0.15, -0.1) is 0 Å². The van der Waals surface area contributed by atoms with Crippen molar-refractivity contribution in [1.82, 2.24) is 0 Å². The van der Waals surface area contributed by atoms with E-state index in [0.717, 1.165) is 0 Å². The Kier molecular flexibility index (Phi) is 8.77. The maximum atomic E-state index is 13.1. The number of Topliss-reactive ketones (excluding diaryl/α,β-unsaturated/α-hetero) is 1. The number of methoxy groups -OCH3 is 1. The van der Waals surface area contributed by atoms with Crippen molar-refractivity contribution in [1.29, 1.82) is 0 Å². The smallest absolute Gasteiger partial charge is 0.337 e. The summed E-state index contributed by atoms with van der Waals surface area (Å²) in [5.41, 5.74) is -1.02. The summed E-state index contributed by atoms with van der Waals surface area (Å²) in [6.07, 6.45) is -0.382. The molecule has 0 aliphatic heterocycles. The molecule has 182 valence electrons. The van der Waals surface area contributed by atoms with E-state index in [9.17, 15) is 24.3 Å². The van der Waals surface area contributed by atoms with E-state index in [1.807, 2.05) is 27.7 Å². The molecule has 0 unspecified atom stereocenters. The van der Waals surface area contributed by atoms with Crippen LogP contribution in [-0.2, 0) is 28.6 Å². The molecule has 1 saturated carbocycles. The summed E-state index contributed by atoms with van der Waals surface area (Å²) in [5, 5.41) is 11.1. The number of benzene rings is 1. The molecule has 0 bridgehead atoms. The van der Waals surface area contributed by atoms with E-state index in [1.165, 1.54) is 26.2 Å². The van der Waals surface area contributed by atoms with E-state index >= 15 is 0 Å². The van der Waals surface area contributed by atoms with Gasteiger partial charge in [0.15, 0.2) is 5.78 Å². The standard InChI is InChI=1S/C25H34O8/c1-14(2)12-32-23(28)20-18(26)11-25(5,30)21(24(29)33-13-15(3)4)19(20)16-7-9-17(10-8-16)22(27)31-6/h7-10,14-15,19-21,30H,11-13H2,1-6H3/t19-,20-,21-,25+/m1/s1. The molecule has 0 spiro atoms. The first-order chi connectivity index (χ1) is 15.4. The van der Waals surface area contributed by atoms with Crippen molar-refractivity contribution in [2.45, 2.75) is 52.6 Å². The van der Waals surface area contributed by atoms with Crippen LogP contribution in [0.15, 0.2) is 24.3 Å². The molecule has 0 radical (unpaired) electrons. The van der Waals surface area contributed by atoms with Gasteiger partial charge in [-0.25, -0.2) is 4.79 Å². The van der Waals surface area contributed by atoms with Gasteiger partial charge in [0.2, 0.25) is 0 Å². The summed E-state index contributed by atoms with van der Waals surface area (Å²) in [7, 11) is 1.26. The lowest BCUT2D eigenvalue weighted by Gasteiger charge is -2.43. The Morgan fingerprint density at radius 2 is 1.52 bits per heavy atom. The molecule has 1 fully saturated rings. The van der Waals surface area contributed by atoms with E-state index in [2.05, 4.69) is 0 Å². The van der Waals surface area contributed by atoms with Crippen molar-refractivity contribution in [2.24, 2.45) is 23.7 Å². The lowest BCUT2D eigenvalue weighted by atomic mass is 9.61. The first-order valence-corrected chi connectivity index (χ1v) is 11.2. The Morgan fingerprint density at radius 1 is 1.00 bits per heavy atom. The molecule has 2 rings (SSSR count). The van der Waals surface area contributed by atoms with Crippen molar-refractivity contribution in [3.05, 3.63) is 35.4 Å². The number of carbonyl (C=O) groups is 4. The van der Waals surface area contributed by atoms with Gasteiger partial charge >= 0.3 is 17.9 Å². The monoisotopic (exact) mass is 462 g/mol. The SMILES string of the molecule is COC(=O)c1ccc([C@@H]2[C@H](C(=O)OCC(C)C)C(=O)C[C@](C)(O)[C@H]2C(=O)OCC(C)C)cc1. The van der Waals surface area contributed by atoms with Crippen molar-refractivity contribution >= 4 is 23.7 Å². The molecular formula is C25H34O8. The summed E-state index contributed by atoms with van der Waals surface area (Å²) < 4.78 is 15.5. The van der Waals surface area contributed by atoms with Crippen LogP contribution in [0.3, 0.4) is 0 Å². The first-order valence-electron chi connectivity index (χ1n) is 11.2. The van der Waals surface area contributed by atoms with Crippen LogP contribution in [0.5, 0.6) is 0 Å². The van der Waals surface area contributed by atoms with Crippen LogP contribution >= 0.6 is 0 Å². The lowest BCUT2D eigenvalue weighted by molar-refractivity contribution is -0.174. The largest absolute Gasteiger partial charge is 0.465 e. The maximum absolute atomic E-state index is 13.1. The molecule has 1 aromatic carbocycles. The second kappa shape index (κ2) is 10.9. The highest BCUT2D eigenvalue weighted by molar-refractivity contribution is 6.03. The maximum Gasteiger partial charge on any atom is 0.337 e. The van der Waals surface area contributed by atoms with Crippen molar-refractivity contribution < 1.29 is 38.5 Å². The molecule has 8 nitrogen and oxygen atoms in total. The third-order valence-corrected chi connectivity index (χ3v) is 5.61. The van der Waals surface area contributed by atoms with Gasteiger partial charge in [0.05, 0.1) is 37.4 Å². The topological polar surface area (TPSA) is 116 Å². The van der Waals surface area contributed by atoms with Gasteiger partial charge < -0.3 is 19.3 Å². The fourth-order valence-corrected chi connectivity index (χ4v) is 4.05. The van der Waals surface area contributed by atoms with Gasteiger partial charge in [-0.05, 0) is 36.5 Å². The van der Waals surface area contributed by atoms with Gasteiger partial charge in [0.1, 0.15) is 5.92 Å². The average Bonchev–Trinajstić information content (AvgIpc) is 2.74. The van der Waals surface area contributed by atoms with Crippen LogP contribution in [0.25, 0.3) is 0 Å². The molecule has 1 aliphatic rings. The number of esters is 3. The van der Waals surface area contributed by atoms with E-state index < -0.39 is 47.0 Å². The average molecular weight is 463 g/mol. The van der Waals surface area contributed by atoms with Crippen LogP contribution in [0.2, 0.25) is 0 Å². The third kappa shape index (κ3) is 6.41. The molecule has 0 heterocycles.